The molecule has 1 aliphatic rings. The van der Waals surface area contributed by atoms with Crippen molar-refractivity contribution in [2.45, 2.75) is 64.1 Å². The lowest BCUT2D eigenvalue weighted by molar-refractivity contribution is 0.0648. The molecule has 1 aliphatic heterocycles. The molecule has 0 radical (unpaired) electrons. The molecule has 3 nitrogen and oxygen atoms in total. The van der Waals surface area contributed by atoms with Crippen molar-refractivity contribution < 1.29 is 4.42 Å². The fourth-order valence-corrected chi connectivity index (χ4v) is 3.22. The Labute approximate surface area is 110 Å². The van der Waals surface area contributed by atoms with Crippen LogP contribution in [0.1, 0.15) is 57.8 Å². The van der Waals surface area contributed by atoms with E-state index in [4.69, 9.17) is 10.2 Å². The van der Waals surface area contributed by atoms with Gasteiger partial charge in [-0.2, -0.15) is 0 Å². The van der Waals surface area contributed by atoms with Crippen LogP contribution in [0.2, 0.25) is 0 Å². The lowest BCUT2D eigenvalue weighted by atomic mass is 9.93. The second kappa shape index (κ2) is 6.39. The minimum atomic E-state index is 0.105. The zero-order valence-corrected chi connectivity index (χ0v) is 11.6. The van der Waals surface area contributed by atoms with Crippen LogP contribution >= 0.6 is 0 Å². The van der Waals surface area contributed by atoms with E-state index in [2.05, 4.69) is 24.8 Å². The molecule has 2 heterocycles. The Morgan fingerprint density at radius 2 is 2.33 bits per heavy atom. The predicted molar refractivity (Wildman–Crippen MR) is 74.4 cm³/mol. The molecule has 1 aromatic heterocycles. The average Bonchev–Trinajstić information content (AvgIpc) is 2.85. The van der Waals surface area contributed by atoms with E-state index in [0.717, 1.165) is 12.3 Å². The van der Waals surface area contributed by atoms with Gasteiger partial charge in [-0.15, -0.1) is 0 Å². The highest BCUT2D eigenvalue weighted by Gasteiger charge is 2.32. The zero-order valence-electron chi connectivity index (χ0n) is 11.6. The van der Waals surface area contributed by atoms with E-state index in [1.165, 1.54) is 32.1 Å². The Hall–Kier alpha value is -0.800. The lowest BCUT2D eigenvalue weighted by Crippen LogP contribution is -2.47. The van der Waals surface area contributed by atoms with E-state index in [1.54, 1.807) is 6.26 Å². The first-order valence-electron chi connectivity index (χ1n) is 7.28. The van der Waals surface area contributed by atoms with E-state index in [-0.39, 0.29) is 12.1 Å². The molecule has 2 N–H and O–H groups in total. The standard InChI is InChI=1S/C15H26N2O/c1-3-7-13-8-4-5-10-17(13)15(12(2)16)14-9-6-11-18-14/h6,9,11-13,15H,3-5,7-8,10,16H2,1-2H3. The van der Waals surface area contributed by atoms with Crippen LogP contribution < -0.4 is 5.73 Å². The van der Waals surface area contributed by atoms with Crippen molar-refractivity contribution >= 4 is 0 Å². The highest BCUT2D eigenvalue weighted by Crippen LogP contribution is 2.32. The highest BCUT2D eigenvalue weighted by atomic mass is 16.3. The Balaban J connectivity index is 2.17. The number of likely N-dealkylation sites (tertiary alicyclic amines) is 1. The summed E-state index contributed by atoms with van der Waals surface area (Å²) in [5.74, 6) is 1.02. The highest BCUT2D eigenvalue weighted by molar-refractivity contribution is 5.08. The summed E-state index contributed by atoms with van der Waals surface area (Å²) in [4.78, 5) is 2.58. The smallest absolute Gasteiger partial charge is 0.122 e. The summed E-state index contributed by atoms with van der Waals surface area (Å²) in [5, 5.41) is 0. The summed E-state index contributed by atoms with van der Waals surface area (Å²) in [5.41, 5.74) is 6.22. The summed E-state index contributed by atoms with van der Waals surface area (Å²) in [6.45, 7) is 5.50. The maximum Gasteiger partial charge on any atom is 0.122 e. The van der Waals surface area contributed by atoms with Crippen LogP contribution in [0.3, 0.4) is 0 Å². The number of nitrogens with zero attached hydrogens (tertiary/aromatic N) is 1. The fourth-order valence-electron chi connectivity index (χ4n) is 3.22. The predicted octanol–water partition coefficient (Wildman–Crippen LogP) is 3.32. The van der Waals surface area contributed by atoms with Crippen LogP contribution in [-0.4, -0.2) is 23.5 Å². The Morgan fingerprint density at radius 3 is 2.94 bits per heavy atom. The summed E-state index contributed by atoms with van der Waals surface area (Å²) in [6.07, 6.45) is 8.20. The first-order chi connectivity index (χ1) is 8.74. The Kier molecular flexibility index (Phi) is 4.84. The van der Waals surface area contributed by atoms with Gasteiger partial charge >= 0.3 is 0 Å². The van der Waals surface area contributed by atoms with E-state index < -0.39 is 0 Å². The van der Waals surface area contributed by atoms with Gasteiger partial charge < -0.3 is 10.2 Å². The molecule has 1 fully saturated rings. The molecule has 0 bridgehead atoms. The molecule has 3 heteroatoms. The number of furan rings is 1. The number of hydrogen-bond donors (Lipinski definition) is 1. The van der Waals surface area contributed by atoms with Gasteiger partial charge in [0.25, 0.3) is 0 Å². The van der Waals surface area contributed by atoms with Gasteiger partial charge in [-0.25, -0.2) is 0 Å². The molecule has 3 unspecified atom stereocenters. The summed E-state index contributed by atoms with van der Waals surface area (Å²) in [6, 6.07) is 5.03. The first kappa shape index (κ1) is 13.6. The van der Waals surface area contributed by atoms with E-state index in [9.17, 15) is 0 Å². The zero-order chi connectivity index (χ0) is 13.0. The van der Waals surface area contributed by atoms with Crippen LogP contribution in [0.15, 0.2) is 22.8 Å². The monoisotopic (exact) mass is 250 g/mol. The van der Waals surface area contributed by atoms with Crippen molar-refractivity contribution in [2.24, 2.45) is 5.73 Å². The van der Waals surface area contributed by atoms with Gasteiger partial charge in [0.2, 0.25) is 0 Å². The van der Waals surface area contributed by atoms with Crippen LogP contribution in [-0.2, 0) is 0 Å². The molecular weight excluding hydrogens is 224 g/mol. The molecule has 102 valence electrons. The van der Waals surface area contributed by atoms with Crippen molar-refractivity contribution in [1.82, 2.24) is 4.90 Å². The molecular formula is C15H26N2O. The maximum absolute atomic E-state index is 6.22. The normalized spacial score (nSPS) is 24.9. The molecule has 3 atom stereocenters. The van der Waals surface area contributed by atoms with E-state index in [0.29, 0.717) is 6.04 Å². The van der Waals surface area contributed by atoms with E-state index in [1.807, 2.05) is 6.07 Å². The molecule has 0 aromatic carbocycles. The van der Waals surface area contributed by atoms with Crippen molar-refractivity contribution in [2.75, 3.05) is 6.54 Å². The van der Waals surface area contributed by atoms with Gasteiger partial charge in [0, 0.05) is 12.1 Å². The number of hydrogen-bond acceptors (Lipinski definition) is 3. The van der Waals surface area contributed by atoms with Crippen LogP contribution in [0.5, 0.6) is 0 Å². The molecule has 0 saturated carbocycles. The van der Waals surface area contributed by atoms with Crippen molar-refractivity contribution in [3.8, 4) is 0 Å². The maximum atomic E-state index is 6.22. The van der Waals surface area contributed by atoms with Gasteiger partial charge in [0.05, 0.1) is 12.3 Å². The quantitative estimate of drug-likeness (QED) is 0.871. The SMILES string of the molecule is CCCC1CCCCN1C(c1ccco1)C(C)N. The largest absolute Gasteiger partial charge is 0.468 e. The summed E-state index contributed by atoms with van der Waals surface area (Å²) in [7, 11) is 0. The average molecular weight is 250 g/mol. The molecule has 0 amide bonds. The van der Waals surface area contributed by atoms with Gasteiger partial charge in [-0.1, -0.05) is 19.8 Å². The summed E-state index contributed by atoms with van der Waals surface area (Å²) < 4.78 is 5.61. The second-order valence-corrected chi connectivity index (χ2v) is 5.50. The lowest BCUT2D eigenvalue weighted by Gasteiger charge is -2.42. The number of rotatable bonds is 5. The molecule has 0 spiro atoms. The van der Waals surface area contributed by atoms with E-state index >= 15 is 0 Å². The minimum Gasteiger partial charge on any atom is -0.468 e. The molecule has 0 aliphatic carbocycles. The molecule has 1 aromatic rings. The Bertz CT molecular complexity index is 332. The fraction of sp³-hybridized carbons (Fsp3) is 0.733. The van der Waals surface area contributed by atoms with Crippen LogP contribution in [0, 0.1) is 0 Å². The first-order valence-corrected chi connectivity index (χ1v) is 7.28. The molecule has 18 heavy (non-hydrogen) atoms. The van der Waals surface area contributed by atoms with Gasteiger partial charge in [-0.3, -0.25) is 4.90 Å². The van der Waals surface area contributed by atoms with Crippen molar-refractivity contribution in [3.05, 3.63) is 24.2 Å². The van der Waals surface area contributed by atoms with Gasteiger partial charge in [-0.05, 0) is 44.9 Å². The summed E-state index contributed by atoms with van der Waals surface area (Å²) >= 11 is 0. The third kappa shape index (κ3) is 2.96. The minimum absolute atomic E-state index is 0.105. The third-order valence-electron chi connectivity index (χ3n) is 3.98. The molecule has 2 rings (SSSR count). The molecule has 1 saturated heterocycles. The number of nitrogens with two attached hydrogens (primary N) is 1. The van der Waals surface area contributed by atoms with Gasteiger partial charge in [0.1, 0.15) is 5.76 Å². The Morgan fingerprint density at radius 1 is 1.50 bits per heavy atom. The van der Waals surface area contributed by atoms with Crippen LogP contribution in [0.25, 0.3) is 0 Å². The van der Waals surface area contributed by atoms with Crippen molar-refractivity contribution in [3.63, 3.8) is 0 Å². The third-order valence-corrected chi connectivity index (χ3v) is 3.98. The topological polar surface area (TPSA) is 42.4 Å². The second-order valence-electron chi connectivity index (χ2n) is 5.50. The number of piperidine rings is 1. The van der Waals surface area contributed by atoms with Crippen molar-refractivity contribution in [1.29, 1.82) is 0 Å². The van der Waals surface area contributed by atoms with Gasteiger partial charge in [0.15, 0.2) is 0 Å². The van der Waals surface area contributed by atoms with Crippen LogP contribution in [0.4, 0.5) is 0 Å².